The number of pyridine rings is 1. The molecule has 2 aromatic heterocycles. The van der Waals surface area contributed by atoms with E-state index in [1.54, 1.807) is 16.0 Å². The van der Waals surface area contributed by atoms with Gasteiger partial charge in [0.25, 0.3) is 5.92 Å². The lowest BCUT2D eigenvalue weighted by Crippen LogP contribution is -2.39. The minimum absolute atomic E-state index is 0.181. The average Bonchev–Trinajstić information content (AvgIpc) is 3.21. The molecule has 2 aliphatic rings. The molecule has 7 nitrogen and oxygen atoms in total. The number of H-pyrrole nitrogens is 1. The number of hydrogen-bond acceptors (Lipinski definition) is 5. The number of aromatic nitrogens is 3. The Balaban J connectivity index is 1.62. The Hall–Kier alpha value is -1.98. The lowest BCUT2D eigenvalue weighted by molar-refractivity contribution is 0.0219. The molecule has 1 fully saturated rings. The second-order valence-electron chi connectivity index (χ2n) is 8.68. The van der Waals surface area contributed by atoms with Crippen molar-refractivity contribution in [3.05, 3.63) is 27.2 Å². The van der Waals surface area contributed by atoms with Crippen LogP contribution < -0.4 is 4.90 Å². The quantitative estimate of drug-likeness (QED) is 0.588. The number of carbonyl (C=O) groups excluding carboxylic acids is 1. The van der Waals surface area contributed by atoms with Crippen LogP contribution in [0.15, 0.2) is 12.3 Å². The Morgan fingerprint density at radius 3 is 2.77 bits per heavy atom. The van der Waals surface area contributed by atoms with Crippen LogP contribution >= 0.6 is 22.6 Å². The fourth-order valence-corrected chi connectivity index (χ4v) is 4.36. The Labute approximate surface area is 187 Å². The van der Waals surface area contributed by atoms with Crippen LogP contribution in [0, 0.1) is 3.57 Å². The molecule has 10 heteroatoms. The molecular weight excluding hydrogens is 507 g/mol. The van der Waals surface area contributed by atoms with Crippen LogP contribution in [0.5, 0.6) is 0 Å². The molecule has 0 radical (unpaired) electrons. The molecule has 0 aromatic carbocycles. The van der Waals surface area contributed by atoms with Gasteiger partial charge in [-0.1, -0.05) is 0 Å². The number of nitrogens with one attached hydrogen (secondary N) is 1. The van der Waals surface area contributed by atoms with Gasteiger partial charge in [0.15, 0.2) is 0 Å². The highest BCUT2D eigenvalue weighted by Crippen LogP contribution is 2.37. The number of rotatable bonds is 2. The molecule has 1 N–H and O–H groups in total. The number of anilines is 1. The van der Waals surface area contributed by atoms with Crippen molar-refractivity contribution >= 4 is 34.5 Å². The second kappa shape index (κ2) is 7.61. The van der Waals surface area contributed by atoms with Crippen LogP contribution in [0.1, 0.15) is 38.6 Å². The van der Waals surface area contributed by atoms with Gasteiger partial charge in [-0.05, 0) is 49.4 Å². The predicted octanol–water partition coefficient (Wildman–Crippen LogP) is 4.21. The van der Waals surface area contributed by atoms with E-state index in [9.17, 15) is 13.6 Å². The SMILES string of the molecule is CC(C)(C)OC(=O)N1CCc2nc(-c3c(I)ccnc3N3CCC(F)(F)C3)[nH]c2C1. The third-order valence-corrected chi connectivity index (χ3v) is 5.97. The maximum Gasteiger partial charge on any atom is 0.410 e. The summed E-state index contributed by atoms with van der Waals surface area (Å²) in [6.45, 7) is 6.29. The molecule has 4 heterocycles. The molecule has 0 bridgehead atoms. The molecule has 0 atom stereocenters. The van der Waals surface area contributed by atoms with Crippen molar-refractivity contribution in [2.24, 2.45) is 0 Å². The molecule has 30 heavy (non-hydrogen) atoms. The van der Waals surface area contributed by atoms with Crippen LogP contribution in [-0.4, -0.2) is 57.1 Å². The van der Waals surface area contributed by atoms with Gasteiger partial charge in [-0.3, -0.25) is 0 Å². The molecule has 0 aliphatic carbocycles. The fourth-order valence-electron chi connectivity index (χ4n) is 3.70. The number of halogens is 3. The first-order chi connectivity index (χ1) is 14.0. The number of fused-ring (bicyclic) bond motifs is 1. The van der Waals surface area contributed by atoms with Crippen LogP contribution in [0.25, 0.3) is 11.4 Å². The molecular formula is C20H24F2IN5O2. The number of amides is 1. The first-order valence-electron chi connectivity index (χ1n) is 9.86. The number of imidazole rings is 1. The summed E-state index contributed by atoms with van der Waals surface area (Å²) in [6, 6.07) is 1.84. The van der Waals surface area contributed by atoms with Crippen molar-refractivity contribution < 1.29 is 18.3 Å². The second-order valence-corrected chi connectivity index (χ2v) is 9.84. The smallest absolute Gasteiger partial charge is 0.410 e. The zero-order chi connectivity index (χ0) is 21.7. The average molecular weight is 531 g/mol. The lowest BCUT2D eigenvalue weighted by Gasteiger charge is -2.29. The highest BCUT2D eigenvalue weighted by Gasteiger charge is 2.40. The third-order valence-electron chi connectivity index (χ3n) is 5.07. The molecule has 1 saturated heterocycles. The monoisotopic (exact) mass is 531 g/mol. The molecule has 0 unspecified atom stereocenters. The maximum absolute atomic E-state index is 13.8. The molecule has 2 aromatic rings. The summed E-state index contributed by atoms with van der Waals surface area (Å²) >= 11 is 2.18. The number of carbonyl (C=O) groups is 1. The summed E-state index contributed by atoms with van der Waals surface area (Å²) in [4.78, 5) is 28.1. The van der Waals surface area contributed by atoms with Crippen molar-refractivity contribution in [2.45, 2.75) is 51.7 Å². The molecule has 0 saturated carbocycles. The Bertz CT molecular complexity index is 973. The van der Waals surface area contributed by atoms with Crippen molar-refractivity contribution in [1.82, 2.24) is 19.9 Å². The van der Waals surface area contributed by atoms with E-state index in [1.165, 1.54) is 0 Å². The summed E-state index contributed by atoms with van der Waals surface area (Å²) in [5.74, 6) is -1.61. The van der Waals surface area contributed by atoms with E-state index >= 15 is 0 Å². The van der Waals surface area contributed by atoms with Gasteiger partial charge in [0.05, 0.1) is 30.0 Å². The minimum Gasteiger partial charge on any atom is -0.444 e. The molecule has 4 rings (SSSR count). The first kappa shape index (κ1) is 21.3. The van der Waals surface area contributed by atoms with Crippen molar-refractivity contribution in [3.8, 4) is 11.4 Å². The van der Waals surface area contributed by atoms with Crippen LogP contribution in [0.2, 0.25) is 0 Å². The van der Waals surface area contributed by atoms with E-state index < -0.39 is 11.5 Å². The number of hydrogen-bond donors (Lipinski definition) is 1. The molecule has 2 aliphatic heterocycles. The molecule has 1 amide bonds. The molecule has 162 valence electrons. The van der Waals surface area contributed by atoms with Crippen LogP contribution in [0.4, 0.5) is 19.4 Å². The van der Waals surface area contributed by atoms with Crippen molar-refractivity contribution in [1.29, 1.82) is 0 Å². The number of nitrogens with zero attached hydrogens (tertiary/aromatic N) is 4. The van der Waals surface area contributed by atoms with Gasteiger partial charge in [0.2, 0.25) is 0 Å². The molecule has 0 spiro atoms. The van der Waals surface area contributed by atoms with Gasteiger partial charge in [-0.2, -0.15) is 0 Å². The van der Waals surface area contributed by atoms with E-state index in [1.807, 2.05) is 26.8 Å². The number of aromatic amines is 1. The Kier molecular flexibility index (Phi) is 5.39. The van der Waals surface area contributed by atoms with Crippen molar-refractivity contribution in [2.75, 3.05) is 24.5 Å². The first-order valence-corrected chi connectivity index (χ1v) is 10.9. The van der Waals surface area contributed by atoms with Gasteiger partial charge in [0, 0.05) is 35.7 Å². The van der Waals surface area contributed by atoms with Gasteiger partial charge in [0.1, 0.15) is 17.2 Å². The van der Waals surface area contributed by atoms with Gasteiger partial charge >= 0.3 is 6.09 Å². The topological polar surface area (TPSA) is 74.3 Å². The third kappa shape index (κ3) is 4.37. The zero-order valence-corrected chi connectivity index (χ0v) is 19.3. The summed E-state index contributed by atoms with van der Waals surface area (Å²) in [6.07, 6.45) is 1.68. The Morgan fingerprint density at radius 1 is 1.33 bits per heavy atom. The zero-order valence-electron chi connectivity index (χ0n) is 17.1. The summed E-state index contributed by atoms with van der Waals surface area (Å²) in [5.41, 5.74) is 1.87. The standard InChI is InChI=1S/C20H24F2IN5O2/c1-19(2,3)30-18(29)27-8-5-13-14(10-27)26-16(25-13)15-12(23)4-7-24-17(15)28-9-6-20(21,22)11-28/h4,7H,5-6,8-11H2,1-3H3,(H,25,26). The summed E-state index contributed by atoms with van der Waals surface area (Å²) in [5, 5.41) is 0. The Morgan fingerprint density at radius 2 is 2.10 bits per heavy atom. The van der Waals surface area contributed by atoms with Crippen LogP contribution in [0.3, 0.4) is 0 Å². The van der Waals surface area contributed by atoms with Crippen molar-refractivity contribution in [3.63, 3.8) is 0 Å². The van der Waals surface area contributed by atoms with Gasteiger partial charge in [-0.25, -0.2) is 23.5 Å². The largest absolute Gasteiger partial charge is 0.444 e. The van der Waals surface area contributed by atoms with E-state index in [4.69, 9.17) is 9.72 Å². The fraction of sp³-hybridized carbons (Fsp3) is 0.550. The normalized spacial score (nSPS) is 18.5. The summed E-state index contributed by atoms with van der Waals surface area (Å²) < 4.78 is 33.9. The minimum atomic E-state index is -2.71. The van der Waals surface area contributed by atoms with Crippen LogP contribution in [-0.2, 0) is 17.7 Å². The highest BCUT2D eigenvalue weighted by atomic mass is 127. The highest BCUT2D eigenvalue weighted by molar-refractivity contribution is 14.1. The maximum atomic E-state index is 13.8. The lowest BCUT2D eigenvalue weighted by atomic mass is 10.1. The predicted molar refractivity (Wildman–Crippen MR) is 117 cm³/mol. The van der Waals surface area contributed by atoms with E-state index in [2.05, 4.69) is 32.6 Å². The van der Waals surface area contributed by atoms with E-state index in [0.717, 1.165) is 15.0 Å². The summed E-state index contributed by atoms with van der Waals surface area (Å²) in [7, 11) is 0. The van der Waals surface area contributed by atoms with E-state index in [-0.39, 0.29) is 25.6 Å². The number of ether oxygens (including phenoxy) is 1. The number of alkyl halides is 2. The van der Waals surface area contributed by atoms with E-state index in [0.29, 0.717) is 36.7 Å². The van der Waals surface area contributed by atoms with Gasteiger partial charge in [-0.15, -0.1) is 0 Å². The van der Waals surface area contributed by atoms with Gasteiger partial charge < -0.3 is 19.5 Å².